The van der Waals surface area contributed by atoms with Crippen LogP contribution in [0.4, 0.5) is 18.9 Å². The Morgan fingerprint density at radius 3 is 2.44 bits per heavy atom. The Kier molecular flexibility index (Phi) is 7.61. The third-order valence-electron chi connectivity index (χ3n) is 7.31. The number of anilines is 1. The van der Waals surface area contributed by atoms with Crippen molar-refractivity contribution in [2.24, 2.45) is 0 Å². The van der Waals surface area contributed by atoms with Crippen LogP contribution < -0.4 is 4.72 Å². The molecule has 1 aliphatic heterocycles. The number of aromatic nitrogens is 1. The van der Waals surface area contributed by atoms with Crippen molar-refractivity contribution in [1.82, 2.24) is 14.8 Å². The number of fused-ring (bicyclic) bond motifs is 1. The first-order chi connectivity index (χ1) is 18.6. The lowest BCUT2D eigenvalue weighted by molar-refractivity contribution is 0.0538. The zero-order valence-electron chi connectivity index (χ0n) is 21.6. The van der Waals surface area contributed by atoms with Crippen molar-refractivity contribution in [1.29, 1.82) is 0 Å². The molecule has 5 rings (SSSR count). The first kappa shape index (κ1) is 27.1. The average Bonchev–Trinajstić information content (AvgIpc) is 2.92. The van der Waals surface area contributed by atoms with Crippen LogP contribution in [0.5, 0.6) is 0 Å². The molecule has 0 saturated carbocycles. The van der Waals surface area contributed by atoms with Gasteiger partial charge in [0, 0.05) is 67.2 Å². The van der Waals surface area contributed by atoms with E-state index in [2.05, 4.69) is 26.4 Å². The van der Waals surface area contributed by atoms with Crippen LogP contribution in [-0.2, 0) is 16.6 Å². The first-order valence-corrected chi connectivity index (χ1v) is 14.2. The first-order valence-electron chi connectivity index (χ1n) is 12.7. The van der Waals surface area contributed by atoms with E-state index in [0.717, 1.165) is 17.0 Å². The van der Waals surface area contributed by atoms with Crippen LogP contribution in [0.3, 0.4) is 0 Å². The summed E-state index contributed by atoms with van der Waals surface area (Å²) >= 11 is 0. The molecule has 4 aromatic rings. The molecule has 0 spiro atoms. The fraction of sp³-hybridized carbons (Fsp3) is 0.276. The molecule has 204 valence electrons. The number of halogens is 3. The number of benzene rings is 3. The van der Waals surface area contributed by atoms with E-state index in [0.29, 0.717) is 43.4 Å². The third kappa shape index (κ3) is 5.78. The highest BCUT2D eigenvalue weighted by atomic mass is 32.2. The molecular weight excluding hydrogens is 525 g/mol. The summed E-state index contributed by atoms with van der Waals surface area (Å²) in [7, 11) is -3.83. The number of pyridine rings is 1. The summed E-state index contributed by atoms with van der Waals surface area (Å²) in [6.45, 7) is 6.51. The monoisotopic (exact) mass is 554 g/mol. The molecule has 0 radical (unpaired) electrons. The summed E-state index contributed by atoms with van der Waals surface area (Å²) in [4.78, 5) is 8.71. The van der Waals surface area contributed by atoms with Crippen molar-refractivity contribution in [2.45, 2.75) is 37.4 Å². The van der Waals surface area contributed by atoms with Gasteiger partial charge in [0.1, 0.15) is 10.7 Å². The molecule has 1 aliphatic rings. The van der Waals surface area contributed by atoms with Crippen LogP contribution in [0.15, 0.2) is 77.8 Å². The van der Waals surface area contributed by atoms with E-state index in [1.54, 1.807) is 37.4 Å². The Balaban J connectivity index is 1.22. The van der Waals surface area contributed by atoms with Crippen LogP contribution in [0.25, 0.3) is 10.9 Å². The zero-order chi connectivity index (χ0) is 27.7. The Labute approximate surface area is 226 Å². The molecule has 1 saturated heterocycles. The number of hydrogen-bond donors (Lipinski definition) is 1. The lowest BCUT2D eigenvalue weighted by atomic mass is 10.0. The normalized spacial score (nSPS) is 17.8. The molecule has 0 bridgehead atoms. The number of hydrogen-bond acceptors (Lipinski definition) is 5. The molecule has 2 heterocycles. The maximum Gasteiger partial charge on any atom is 0.264 e. The standard InChI is InChI=1S/C29H29F3N4O2S/c1-19-17-36(20(2)24-15-26(31)27(32)16-25(24)30)14-13-35(19)18-21-8-10-23(11-9-21)34-39(37,38)28-7-3-5-22-6-4-12-33-29(22)28/h3-12,15-16,19-20,34H,13-14,17-18H2,1-2H3. The number of nitrogens with zero attached hydrogens (tertiary/aromatic N) is 3. The van der Waals surface area contributed by atoms with Crippen molar-refractivity contribution in [3.05, 3.63) is 102 Å². The molecule has 6 nitrogen and oxygen atoms in total. The smallest absolute Gasteiger partial charge is 0.264 e. The van der Waals surface area contributed by atoms with Crippen molar-refractivity contribution in [3.8, 4) is 0 Å². The maximum atomic E-state index is 14.3. The highest BCUT2D eigenvalue weighted by Gasteiger charge is 2.29. The van der Waals surface area contributed by atoms with Gasteiger partial charge >= 0.3 is 0 Å². The van der Waals surface area contributed by atoms with E-state index in [9.17, 15) is 21.6 Å². The zero-order valence-corrected chi connectivity index (χ0v) is 22.4. The van der Waals surface area contributed by atoms with Crippen molar-refractivity contribution < 1.29 is 21.6 Å². The summed E-state index contributed by atoms with van der Waals surface area (Å²) in [6.07, 6.45) is 1.57. The second-order valence-corrected chi connectivity index (χ2v) is 11.6. The van der Waals surface area contributed by atoms with Gasteiger partial charge in [-0.1, -0.05) is 30.3 Å². The number of nitrogens with one attached hydrogen (secondary N) is 1. The number of piperazine rings is 1. The summed E-state index contributed by atoms with van der Waals surface area (Å²) in [5.74, 6) is -2.99. The number of rotatable bonds is 7. The fourth-order valence-electron chi connectivity index (χ4n) is 5.08. The fourth-order valence-corrected chi connectivity index (χ4v) is 6.32. The highest BCUT2D eigenvalue weighted by molar-refractivity contribution is 7.93. The Morgan fingerprint density at radius 2 is 1.69 bits per heavy atom. The molecular formula is C29H29F3N4O2S. The third-order valence-corrected chi connectivity index (χ3v) is 8.72. The maximum absolute atomic E-state index is 14.3. The average molecular weight is 555 g/mol. The molecule has 1 aromatic heterocycles. The Bertz CT molecular complexity index is 1590. The predicted molar refractivity (Wildman–Crippen MR) is 145 cm³/mol. The van der Waals surface area contributed by atoms with Gasteiger partial charge in [0.15, 0.2) is 11.6 Å². The highest BCUT2D eigenvalue weighted by Crippen LogP contribution is 2.28. The van der Waals surface area contributed by atoms with E-state index in [4.69, 9.17) is 0 Å². The van der Waals surface area contributed by atoms with Gasteiger partial charge in [-0.05, 0) is 49.7 Å². The molecule has 10 heteroatoms. The van der Waals surface area contributed by atoms with Gasteiger partial charge in [-0.3, -0.25) is 19.5 Å². The minimum absolute atomic E-state index is 0.119. The van der Waals surface area contributed by atoms with E-state index < -0.39 is 33.5 Å². The van der Waals surface area contributed by atoms with Gasteiger partial charge in [0.2, 0.25) is 0 Å². The van der Waals surface area contributed by atoms with Crippen molar-refractivity contribution >= 4 is 26.6 Å². The number of sulfonamides is 1. The van der Waals surface area contributed by atoms with Gasteiger partial charge < -0.3 is 0 Å². The van der Waals surface area contributed by atoms with Crippen LogP contribution >= 0.6 is 0 Å². The lowest BCUT2D eigenvalue weighted by Gasteiger charge is -2.42. The van der Waals surface area contributed by atoms with E-state index in [1.165, 1.54) is 6.07 Å². The summed E-state index contributed by atoms with van der Waals surface area (Å²) < 4.78 is 70.2. The SMILES string of the molecule is CC1CN(C(C)c2cc(F)c(F)cc2F)CCN1Cc1ccc(NS(=O)(=O)c2cccc3cccnc23)cc1. The molecule has 0 aliphatic carbocycles. The molecule has 1 N–H and O–H groups in total. The van der Waals surface area contributed by atoms with Crippen LogP contribution in [0, 0.1) is 17.5 Å². The second kappa shape index (κ2) is 11.0. The quantitative estimate of drug-likeness (QED) is 0.296. The largest absolute Gasteiger partial charge is 0.294 e. The minimum Gasteiger partial charge on any atom is -0.294 e. The van der Waals surface area contributed by atoms with Crippen LogP contribution in [-0.4, -0.2) is 48.9 Å². The van der Waals surface area contributed by atoms with Gasteiger partial charge in [-0.2, -0.15) is 0 Å². The van der Waals surface area contributed by atoms with Crippen LogP contribution in [0.1, 0.15) is 31.0 Å². The predicted octanol–water partition coefficient (Wildman–Crippen LogP) is 5.72. The second-order valence-electron chi connectivity index (χ2n) is 9.91. The van der Waals surface area contributed by atoms with Gasteiger partial charge in [-0.15, -0.1) is 0 Å². The van der Waals surface area contributed by atoms with Gasteiger partial charge in [0.25, 0.3) is 10.0 Å². The molecule has 39 heavy (non-hydrogen) atoms. The molecule has 2 unspecified atom stereocenters. The molecule has 2 atom stereocenters. The lowest BCUT2D eigenvalue weighted by Crippen LogP contribution is -2.51. The van der Waals surface area contributed by atoms with Crippen LogP contribution in [0.2, 0.25) is 0 Å². The Morgan fingerprint density at radius 1 is 0.974 bits per heavy atom. The molecule has 0 amide bonds. The topological polar surface area (TPSA) is 65.5 Å². The van der Waals surface area contributed by atoms with Crippen molar-refractivity contribution in [3.63, 3.8) is 0 Å². The van der Waals surface area contributed by atoms with Gasteiger partial charge in [-0.25, -0.2) is 21.6 Å². The van der Waals surface area contributed by atoms with E-state index in [-0.39, 0.29) is 16.5 Å². The summed E-state index contributed by atoms with van der Waals surface area (Å²) in [5.41, 5.74) is 2.03. The summed E-state index contributed by atoms with van der Waals surface area (Å²) in [5, 5.41) is 0.745. The molecule has 3 aromatic carbocycles. The van der Waals surface area contributed by atoms with Gasteiger partial charge in [0.05, 0.1) is 5.52 Å². The molecule has 1 fully saturated rings. The van der Waals surface area contributed by atoms with Crippen molar-refractivity contribution in [2.75, 3.05) is 24.4 Å². The number of para-hydroxylation sites is 1. The minimum atomic E-state index is -3.83. The van der Waals surface area contributed by atoms with E-state index >= 15 is 0 Å². The summed E-state index contributed by atoms with van der Waals surface area (Å²) in [6, 6.07) is 17.2. The Hall–Kier alpha value is -3.47. The van der Waals surface area contributed by atoms with E-state index in [1.807, 2.05) is 24.3 Å².